The fraction of sp³-hybridized carbons (Fsp3) is 0.536. The molecule has 2 rings (SSSR count). The van der Waals surface area contributed by atoms with Crippen LogP contribution in [0.1, 0.15) is 92.2 Å². The van der Waals surface area contributed by atoms with Crippen molar-refractivity contribution in [3.05, 3.63) is 64.3 Å². The number of benzene rings is 1. The molecule has 158 valence electrons. The molecule has 0 heterocycles. The SMILES string of the molecule is CC(=Nc1c(C(C)C)cccc1C(C)C)C(C)=C1C(C(C)C)=CC=CC1C(C)C. The van der Waals surface area contributed by atoms with E-state index in [2.05, 4.69) is 106 Å². The van der Waals surface area contributed by atoms with Crippen LogP contribution in [0.2, 0.25) is 0 Å². The Hall–Kier alpha value is -1.89. The molecule has 0 amide bonds. The normalized spacial score (nSPS) is 19.6. The van der Waals surface area contributed by atoms with Crippen LogP contribution >= 0.6 is 0 Å². The molecule has 0 radical (unpaired) electrons. The standard InChI is InChI=1S/C28H41N/c1-17(2)23-13-11-14-24(18(3)4)27(23)21(9)22(10)29-28-25(19(5)6)15-12-16-26(28)20(7)8/h11-20,23H,1-10H3. The molecule has 1 aromatic carbocycles. The fourth-order valence-corrected chi connectivity index (χ4v) is 4.27. The van der Waals surface area contributed by atoms with Crippen molar-refractivity contribution in [2.45, 2.75) is 81.1 Å². The van der Waals surface area contributed by atoms with Gasteiger partial charge >= 0.3 is 0 Å². The van der Waals surface area contributed by atoms with Gasteiger partial charge in [-0.1, -0.05) is 91.8 Å². The van der Waals surface area contributed by atoms with Gasteiger partial charge in [0.25, 0.3) is 0 Å². The molecule has 0 aromatic heterocycles. The average molecular weight is 392 g/mol. The van der Waals surface area contributed by atoms with Crippen molar-refractivity contribution in [2.75, 3.05) is 0 Å². The highest BCUT2D eigenvalue weighted by molar-refractivity contribution is 6.01. The topological polar surface area (TPSA) is 12.4 Å². The Kier molecular flexibility index (Phi) is 7.86. The first-order valence-corrected chi connectivity index (χ1v) is 11.3. The van der Waals surface area contributed by atoms with E-state index in [0.29, 0.717) is 29.6 Å². The minimum atomic E-state index is 0.451. The molecule has 0 spiro atoms. The minimum Gasteiger partial charge on any atom is -0.253 e. The molecular weight excluding hydrogens is 350 g/mol. The van der Waals surface area contributed by atoms with Crippen molar-refractivity contribution >= 4 is 11.4 Å². The third-order valence-electron chi connectivity index (χ3n) is 6.15. The zero-order valence-electron chi connectivity index (χ0n) is 20.3. The Labute approximate surface area is 179 Å². The van der Waals surface area contributed by atoms with Crippen LogP contribution in [0.25, 0.3) is 0 Å². The molecule has 0 bridgehead atoms. The molecule has 1 aliphatic carbocycles. The molecule has 1 aliphatic rings. The van der Waals surface area contributed by atoms with E-state index < -0.39 is 0 Å². The van der Waals surface area contributed by atoms with Crippen LogP contribution in [-0.4, -0.2) is 5.71 Å². The Bertz CT molecular complexity index is 815. The summed E-state index contributed by atoms with van der Waals surface area (Å²) in [5.74, 6) is 2.45. The number of aliphatic imine (C=N–C) groups is 1. The molecule has 0 saturated carbocycles. The second-order valence-electron chi connectivity index (χ2n) is 9.76. The third-order valence-corrected chi connectivity index (χ3v) is 6.15. The maximum atomic E-state index is 5.27. The van der Waals surface area contributed by atoms with Crippen molar-refractivity contribution in [2.24, 2.45) is 22.7 Å². The number of rotatable bonds is 6. The molecule has 1 heteroatoms. The summed E-state index contributed by atoms with van der Waals surface area (Å²) in [5, 5.41) is 0. The summed E-state index contributed by atoms with van der Waals surface area (Å²) >= 11 is 0. The van der Waals surface area contributed by atoms with Gasteiger partial charge in [-0.15, -0.1) is 0 Å². The van der Waals surface area contributed by atoms with E-state index in [9.17, 15) is 0 Å². The number of hydrogen-bond donors (Lipinski definition) is 0. The van der Waals surface area contributed by atoms with Gasteiger partial charge in [-0.3, -0.25) is 4.99 Å². The van der Waals surface area contributed by atoms with Gasteiger partial charge in [-0.05, 0) is 65.4 Å². The lowest BCUT2D eigenvalue weighted by Crippen LogP contribution is -2.19. The Morgan fingerprint density at radius 1 is 0.828 bits per heavy atom. The maximum Gasteiger partial charge on any atom is 0.0702 e. The van der Waals surface area contributed by atoms with E-state index in [1.54, 1.807) is 0 Å². The molecule has 29 heavy (non-hydrogen) atoms. The van der Waals surface area contributed by atoms with E-state index in [4.69, 9.17) is 4.99 Å². The molecular formula is C28H41N. The second-order valence-corrected chi connectivity index (χ2v) is 9.76. The van der Waals surface area contributed by atoms with E-state index >= 15 is 0 Å². The predicted molar refractivity (Wildman–Crippen MR) is 130 cm³/mol. The zero-order valence-corrected chi connectivity index (χ0v) is 20.3. The first-order valence-electron chi connectivity index (χ1n) is 11.3. The highest BCUT2D eigenvalue weighted by atomic mass is 14.8. The quantitative estimate of drug-likeness (QED) is 0.430. The monoisotopic (exact) mass is 391 g/mol. The van der Waals surface area contributed by atoms with E-state index in [1.165, 1.54) is 33.5 Å². The highest BCUT2D eigenvalue weighted by Gasteiger charge is 2.25. The average Bonchev–Trinajstić information content (AvgIpc) is 2.66. The summed E-state index contributed by atoms with van der Waals surface area (Å²) in [6.45, 7) is 22.8. The summed E-state index contributed by atoms with van der Waals surface area (Å²) in [7, 11) is 0. The lowest BCUT2D eigenvalue weighted by molar-refractivity contribution is 0.515. The van der Waals surface area contributed by atoms with E-state index in [-0.39, 0.29) is 0 Å². The first-order chi connectivity index (χ1) is 13.6. The van der Waals surface area contributed by atoms with Gasteiger partial charge in [0, 0.05) is 11.6 Å². The molecule has 0 N–H and O–H groups in total. The number of nitrogens with zero attached hydrogens (tertiary/aromatic N) is 1. The summed E-state index contributed by atoms with van der Waals surface area (Å²) in [6, 6.07) is 6.67. The smallest absolute Gasteiger partial charge is 0.0702 e. The Morgan fingerprint density at radius 2 is 1.38 bits per heavy atom. The van der Waals surface area contributed by atoms with Crippen molar-refractivity contribution in [3.8, 4) is 0 Å². The second kappa shape index (κ2) is 9.74. The lowest BCUT2D eigenvalue weighted by atomic mass is 9.75. The van der Waals surface area contributed by atoms with Crippen LogP contribution < -0.4 is 0 Å². The summed E-state index contributed by atoms with van der Waals surface area (Å²) in [5.41, 5.74) is 9.28. The Balaban J connectivity index is 2.69. The van der Waals surface area contributed by atoms with Crippen molar-refractivity contribution in [1.82, 2.24) is 0 Å². The first kappa shape index (κ1) is 23.4. The van der Waals surface area contributed by atoms with Gasteiger partial charge in [-0.25, -0.2) is 0 Å². The van der Waals surface area contributed by atoms with Crippen LogP contribution in [0.4, 0.5) is 5.69 Å². The molecule has 0 aliphatic heterocycles. The highest BCUT2D eigenvalue weighted by Crippen LogP contribution is 2.39. The lowest BCUT2D eigenvalue weighted by Gasteiger charge is -2.30. The van der Waals surface area contributed by atoms with Gasteiger partial charge in [0.15, 0.2) is 0 Å². The number of para-hydroxylation sites is 1. The van der Waals surface area contributed by atoms with Crippen LogP contribution in [0.3, 0.4) is 0 Å². The third kappa shape index (κ3) is 5.18. The summed E-state index contributed by atoms with van der Waals surface area (Å²) in [6.07, 6.45) is 6.91. The predicted octanol–water partition coefficient (Wildman–Crippen LogP) is 8.77. The van der Waals surface area contributed by atoms with Crippen LogP contribution in [0.5, 0.6) is 0 Å². The van der Waals surface area contributed by atoms with Crippen LogP contribution in [0.15, 0.2) is 58.1 Å². The van der Waals surface area contributed by atoms with E-state index in [1.807, 2.05) is 0 Å². The summed E-state index contributed by atoms with van der Waals surface area (Å²) in [4.78, 5) is 5.27. The van der Waals surface area contributed by atoms with Gasteiger partial charge in [0.1, 0.15) is 0 Å². The van der Waals surface area contributed by atoms with Gasteiger partial charge in [-0.2, -0.15) is 0 Å². The van der Waals surface area contributed by atoms with Gasteiger partial charge < -0.3 is 0 Å². The zero-order chi connectivity index (χ0) is 21.9. The largest absolute Gasteiger partial charge is 0.253 e. The molecule has 1 unspecified atom stereocenters. The van der Waals surface area contributed by atoms with Gasteiger partial charge in [0.05, 0.1) is 5.69 Å². The maximum absolute atomic E-state index is 5.27. The molecule has 1 nitrogen and oxygen atoms in total. The Morgan fingerprint density at radius 3 is 1.83 bits per heavy atom. The molecule has 0 fully saturated rings. The van der Waals surface area contributed by atoms with Crippen LogP contribution in [-0.2, 0) is 0 Å². The van der Waals surface area contributed by atoms with Crippen molar-refractivity contribution in [1.29, 1.82) is 0 Å². The van der Waals surface area contributed by atoms with E-state index in [0.717, 1.165) is 5.71 Å². The van der Waals surface area contributed by atoms with Crippen molar-refractivity contribution in [3.63, 3.8) is 0 Å². The molecule has 0 saturated heterocycles. The minimum absolute atomic E-state index is 0.451. The molecule has 1 atom stereocenters. The number of hydrogen-bond acceptors (Lipinski definition) is 1. The fourth-order valence-electron chi connectivity index (χ4n) is 4.27. The molecule has 1 aromatic rings. The van der Waals surface area contributed by atoms with Gasteiger partial charge in [0.2, 0.25) is 0 Å². The van der Waals surface area contributed by atoms with Crippen LogP contribution in [0, 0.1) is 17.8 Å². The number of allylic oxidation sites excluding steroid dienone is 6. The summed E-state index contributed by atoms with van der Waals surface area (Å²) < 4.78 is 0. The van der Waals surface area contributed by atoms with Crippen molar-refractivity contribution < 1.29 is 0 Å².